The summed E-state index contributed by atoms with van der Waals surface area (Å²) in [5.74, 6) is 0. The average molecular weight is 264 g/mol. The third-order valence-electron chi connectivity index (χ3n) is 2.62. The van der Waals surface area contributed by atoms with Gasteiger partial charge < -0.3 is 5.32 Å². The summed E-state index contributed by atoms with van der Waals surface area (Å²) in [5, 5.41) is 8.92. The van der Waals surface area contributed by atoms with Crippen molar-refractivity contribution >= 4 is 11.3 Å². The van der Waals surface area contributed by atoms with Crippen molar-refractivity contribution in [3.63, 3.8) is 0 Å². The van der Waals surface area contributed by atoms with E-state index in [1.165, 1.54) is 10.4 Å². The minimum Gasteiger partial charge on any atom is -0.308 e. The minimum atomic E-state index is 0.0486. The van der Waals surface area contributed by atoms with Gasteiger partial charge in [0.25, 0.3) is 0 Å². The second-order valence-corrected chi connectivity index (χ2v) is 6.73. The van der Waals surface area contributed by atoms with E-state index in [1.54, 1.807) is 11.3 Å². The topological polar surface area (TPSA) is 42.7 Å². The molecule has 0 atom stereocenters. The summed E-state index contributed by atoms with van der Waals surface area (Å²) in [4.78, 5) is 5.51. The molecule has 2 rings (SSSR count). The van der Waals surface area contributed by atoms with Crippen molar-refractivity contribution in [1.29, 1.82) is 0 Å². The Morgan fingerprint density at radius 1 is 1.28 bits per heavy atom. The van der Waals surface area contributed by atoms with Crippen LogP contribution >= 0.6 is 11.3 Å². The van der Waals surface area contributed by atoms with Crippen LogP contribution in [0.1, 0.15) is 36.2 Å². The Balaban J connectivity index is 1.85. The third kappa shape index (κ3) is 3.40. The third-order valence-corrected chi connectivity index (χ3v) is 3.53. The van der Waals surface area contributed by atoms with Crippen LogP contribution in [0.4, 0.5) is 0 Å². The monoisotopic (exact) mass is 264 g/mol. The van der Waals surface area contributed by atoms with Gasteiger partial charge in [-0.05, 0) is 27.7 Å². The predicted octanol–water partition coefficient (Wildman–Crippen LogP) is 2.69. The van der Waals surface area contributed by atoms with E-state index in [2.05, 4.69) is 42.4 Å². The average Bonchev–Trinajstić information content (AvgIpc) is 2.87. The first-order valence-corrected chi connectivity index (χ1v) is 6.93. The van der Waals surface area contributed by atoms with Crippen LogP contribution in [0.15, 0.2) is 18.6 Å². The Hall–Kier alpha value is -1.20. The first-order valence-electron chi connectivity index (χ1n) is 6.11. The second kappa shape index (κ2) is 5.20. The minimum absolute atomic E-state index is 0.0486. The van der Waals surface area contributed by atoms with Crippen molar-refractivity contribution in [2.75, 3.05) is 0 Å². The van der Waals surface area contributed by atoms with Crippen molar-refractivity contribution in [1.82, 2.24) is 20.1 Å². The van der Waals surface area contributed by atoms with E-state index in [9.17, 15) is 0 Å². The molecule has 0 aromatic carbocycles. The summed E-state index contributed by atoms with van der Waals surface area (Å²) in [6.45, 7) is 10.2. The molecule has 0 amide bonds. The van der Waals surface area contributed by atoms with E-state index in [0.717, 1.165) is 18.1 Å². The van der Waals surface area contributed by atoms with Gasteiger partial charge in [-0.1, -0.05) is 0 Å². The van der Waals surface area contributed by atoms with Crippen LogP contribution in [-0.4, -0.2) is 14.8 Å². The first-order chi connectivity index (χ1) is 8.45. The molecule has 0 unspecified atom stereocenters. The number of rotatable bonds is 4. The lowest BCUT2D eigenvalue weighted by atomic mass is 10.1. The Morgan fingerprint density at radius 2 is 2.06 bits per heavy atom. The zero-order chi connectivity index (χ0) is 13.2. The van der Waals surface area contributed by atoms with Gasteiger partial charge in [0.1, 0.15) is 0 Å². The Labute approximate surface area is 112 Å². The zero-order valence-electron chi connectivity index (χ0n) is 11.4. The number of hydrogen-bond donors (Lipinski definition) is 1. The van der Waals surface area contributed by atoms with E-state index in [0.29, 0.717) is 0 Å². The highest BCUT2D eigenvalue weighted by Crippen LogP contribution is 2.14. The van der Waals surface area contributed by atoms with Crippen LogP contribution in [0.3, 0.4) is 0 Å². The van der Waals surface area contributed by atoms with Crippen LogP contribution in [0.5, 0.6) is 0 Å². The smallest absolute Gasteiger partial charge is 0.0897 e. The molecule has 5 heteroatoms. The molecule has 0 saturated heterocycles. The van der Waals surface area contributed by atoms with Gasteiger partial charge in [-0.3, -0.25) is 4.68 Å². The fourth-order valence-electron chi connectivity index (χ4n) is 1.64. The van der Waals surface area contributed by atoms with Gasteiger partial charge in [-0.15, -0.1) is 11.3 Å². The van der Waals surface area contributed by atoms with Crippen LogP contribution in [0.25, 0.3) is 0 Å². The number of nitrogens with zero attached hydrogens (tertiary/aromatic N) is 3. The zero-order valence-corrected chi connectivity index (χ0v) is 12.2. The maximum atomic E-state index is 4.38. The van der Waals surface area contributed by atoms with E-state index in [-0.39, 0.29) is 5.54 Å². The number of thiazole rings is 1. The van der Waals surface area contributed by atoms with E-state index >= 15 is 0 Å². The fraction of sp³-hybridized carbons (Fsp3) is 0.538. The lowest BCUT2D eigenvalue weighted by Crippen LogP contribution is -2.22. The van der Waals surface area contributed by atoms with Crippen LogP contribution in [0.2, 0.25) is 0 Å². The molecule has 0 saturated carbocycles. The van der Waals surface area contributed by atoms with E-state index < -0.39 is 0 Å². The molecule has 0 radical (unpaired) electrons. The summed E-state index contributed by atoms with van der Waals surface area (Å²) in [5.41, 5.74) is 1.26. The highest BCUT2D eigenvalue weighted by Gasteiger charge is 2.13. The highest BCUT2D eigenvalue weighted by atomic mass is 32.1. The molecule has 2 aromatic heterocycles. The Morgan fingerprint density at radius 3 is 2.61 bits per heavy atom. The molecule has 4 nitrogen and oxygen atoms in total. The van der Waals surface area contributed by atoms with E-state index in [1.807, 2.05) is 24.0 Å². The van der Waals surface area contributed by atoms with Crippen molar-refractivity contribution in [3.8, 4) is 0 Å². The molecule has 0 aliphatic rings. The molecule has 2 heterocycles. The van der Waals surface area contributed by atoms with Gasteiger partial charge in [0.2, 0.25) is 0 Å². The SMILES string of the molecule is Cc1ncc(CNCc2cnn(C(C)(C)C)c2)s1. The molecule has 0 fully saturated rings. The van der Waals surface area contributed by atoms with E-state index in [4.69, 9.17) is 0 Å². The number of nitrogens with one attached hydrogen (secondary N) is 1. The molecule has 0 spiro atoms. The molecule has 0 bridgehead atoms. The highest BCUT2D eigenvalue weighted by molar-refractivity contribution is 7.11. The molecular formula is C13H20N4S. The standard InChI is InChI=1S/C13H20N4S/c1-10-15-8-12(18-10)7-14-5-11-6-16-17(9-11)13(2,3)4/h6,8-9,14H,5,7H2,1-4H3. The van der Waals surface area contributed by atoms with Crippen molar-refractivity contribution in [2.45, 2.75) is 46.3 Å². The molecule has 0 aliphatic heterocycles. The van der Waals surface area contributed by atoms with Crippen molar-refractivity contribution < 1.29 is 0 Å². The van der Waals surface area contributed by atoms with Crippen molar-refractivity contribution in [3.05, 3.63) is 34.0 Å². The fourth-order valence-corrected chi connectivity index (χ4v) is 2.40. The maximum absolute atomic E-state index is 4.38. The quantitative estimate of drug-likeness (QED) is 0.923. The molecular weight excluding hydrogens is 244 g/mol. The van der Waals surface area contributed by atoms with Gasteiger partial charge >= 0.3 is 0 Å². The van der Waals surface area contributed by atoms with Crippen LogP contribution < -0.4 is 5.32 Å². The Kier molecular flexibility index (Phi) is 3.82. The van der Waals surface area contributed by atoms with Crippen LogP contribution in [0, 0.1) is 6.92 Å². The number of aryl methyl sites for hydroxylation is 1. The number of aromatic nitrogens is 3. The van der Waals surface area contributed by atoms with Gasteiger partial charge in [-0.2, -0.15) is 5.10 Å². The lowest BCUT2D eigenvalue weighted by Gasteiger charge is -2.18. The summed E-state index contributed by atoms with van der Waals surface area (Å²) in [6.07, 6.45) is 5.96. The molecule has 98 valence electrons. The molecule has 18 heavy (non-hydrogen) atoms. The first kappa shape index (κ1) is 13.2. The summed E-state index contributed by atoms with van der Waals surface area (Å²) >= 11 is 1.74. The predicted molar refractivity (Wildman–Crippen MR) is 74.6 cm³/mol. The molecule has 1 N–H and O–H groups in total. The summed E-state index contributed by atoms with van der Waals surface area (Å²) < 4.78 is 2.00. The van der Waals surface area contributed by atoms with Gasteiger partial charge in [0, 0.05) is 35.9 Å². The van der Waals surface area contributed by atoms with Gasteiger partial charge in [-0.25, -0.2) is 4.98 Å². The largest absolute Gasteiger partial charge is 0.308 e. The summed E-state index contributed by atoms with van der Waals surface area (Å²) in [7, 11) is 0. The van der Waals surface area contributed by atoms with Gasteiger partial charge in [0.05, 0.1) is 16.7 Å². The maximum Gasteiger partial charge on any atom is 0.0897 e. The van der Waals surface area contributed by atoms with Gasteiger partial charge in [0.15, 0.2) is 0 Å². The second-order valence-electron chi connectivity index (χ2n) is 5.41. The molecule has 2 aromatic rings. The Bertz CT molecular complexity index is 507. The summed E-state index contributed by atoms with van der Waals surface area (Å²) in [6, 6.07) is 0. The van der Waals surface area contributed by atoms with Crippen LogP contribution in [-0.2, 0) is 18.6 Å². The lowest BCUT2D eigenvalue weighted by molar-refractivity contribution is 0.355. The van der Waals surface area contributed by atoms with Crippen molar-refractivity contribution in [2.24, 2.45) is 0 Å². The normalized spacial score (nSPS) is 12.0. The molecule has 0 aliphatic carbocycles. The number of hydrogen-bond acceptors (Lipinski definition) is 4.